The fraction of sp³-hybridized carbons (Fsp3) is 0.375. The predicted molar refractivity (Wildman–Crippen MR) is 75.9 cm³/mol. The number of ether oxygens (including phenoxy) is 2. The standard InChI is InChI=1S/C16H19NO3/c1-18-15-4-2-3-5-16(15)19-11-14-9-8-13(20-14)10-17-12-6-7-12/h2-5,8-9,12,17H,6-7,10-11H2,1H3. The first-order chi connectivity index (χ1) is 9.85. The summed E-state index contributed by atoms with van der Waals surface area (Å²) in [5.74, 6) is 3.23. The highest BCUT2D eigenvalue weighted by atomic mass is 16.5. The molecule has 0 bridgehead atoms. The lowest BCUT2D eigenvalue weighted by molar-refractivity contribution is 0.252. The fourth-order valence-corrected chi connectivity index (χ4v) is 2.01. The van der Waals surface area contributed by atoms with Gasteiger partial charge in [-0.15, -0.1) is 0 Å². The summed E-state index contributed by atoms with van der Waals surface area (Å²) in [6.07, 6.45) is 2.56. The van der Waals surface area contributed by atoms with E-state index in [1.807, 2.05) is 36.4 Å². The topological polar surface area (TPSA) is 43.6 Å². The zero-order valence-corrected chi connectivity index (χ0v) is 11.6. The Labute approximate surface area is 118 Å². The summed E-state index contributed by atoms with van der Waals surface area (Å²) in [7, 11) is 1.64. The highest BCUT2D eigenvalue weighted by molar-refractivity contribution is 5.39. The van der Waals surface area contributed by atoms with E-state index in [0.717, 1.165) is 29.6 Å². The van der Waals surface area contributed by atoms with Crippen LogP contribution in [0.4, 0.5) is 0 Å². The van der Waals surface area contributed by atoms with Crippen LogP contribution in [-0.2, 0) is 13.2 Å². The Kier molecular flexibility index (Phi) is 3.92. The van der Waals surface area contributed by atoms with Crippen LogP contribution in [0, 0.1) is 0 Å². The minimum atomic E-state index is 0.407. The summed E-state index contributed by atoms with van der Waals surface area (Å²) >= 11 is 0. The third-order valence-corrected chi connectivity index (χ3v) is 3.30. The molecule has 1 aliphatic carbocycles. The van der Waals surface area contributed by atoms with Gasteiger partial charge in [0.1, 0.15) is 18.1 Å². The number of hydrogen-bond donors (Lipinski definition) is 1. The second-order valence-corrected chi connectivity index (χ2v) is 4.96. The summed E-state index contributed by atoms with van der Waals surface area (Å²) in [6.45, 7) is 1.20. The van der Waals surface area contributed by atoms with Gasteiger partial charge in [0.15, 0.2) is 11.5 Å². The summed E-state index contributed by atoms with van der Waals surface area (Å²) in [5, 5.41) is 3.42. The Morgan fingerprint density at radius 2 is 1.85 bits per heavy atom. The molecule has 1 aromatic heterocycles. The number of furan rings is 1. The maximum atomic E-state index is 5.73. The molecular formula is C16H19NO3. The van der Waals surface area contributed by atoms with Crippen molar-refractivity contribution in [2.24, 2.45) is 0 Å². The van der Waals surface area contributed by atoms with E-state index in [9.17, 15) is 0 Å². The van der Waals surface area contributed by atoms with Crippen LogP contribution in [0.3, 0.4) is 0 Å². The molecular weight excluding hydrogens is 254 g/mol. The van der Waals surface area contributed by atoms with Gasteiger partial charge in [-0.1, -0.05) is 12.1 Å². The summed E-state index contributed by atoms with van der Waals surface area (Å²) < 4.78 is 16.7. The fourth-order valence-electron chi connectivity index (χ4n) is 2.01. The van der Waals surface area contributed by atoms with Crippen molar-refractivity contribution in [3.05, 3.63) is 47.9 Å². The van der Waals surface area contributed by atoms with Crippen molar-refractivity contribution in [3.8, 4) is 11.5 Å². The number of methoxy groups -OCH3 is 1. The lowest BCUT2D eigenvalue weighted by Gasteiger charge is -2.08. The third kappa shape index (κ3) is 3.33. The summed E-state index contributed by atoms with van der Waals surface area (Å²) in [5.41, 5.74) is 0. The van der Waals surface area contributed by atoms with Gasteiger partial charge in [0, 0.05) is 6.04 Å². The average Bonchev–Trinajstić information content (AvgIpc) is 3.21. The molecule has 4 heteroatoms. The lowest BCUT2D eigenvalue weighted by Crippen LogP contribution is -2.14. The van der Waals surface area contributed by atoms with Gasteiger partial charge < -0.3 is 19.2 Å². The summed E-state index contributed by atoms with van der Waals surface area (Å²) in [4.78, 5) is 0. The van der Waals surface area contributed by atoms with Crippen LogP contribution in [-0.4, -0.2) is 13.2 Å². The Morgan fingerprint density at radius 3 is 2.60 bits per heavy atom. The molecule has 0 saturated heterocycles. The van der Waals surface area contributed by atoms with Crippen LogP contribution in [0.1, 0.15) is 24.4 Å². The molecule has 1 N–H and O–H groups in total. The number of para-hydroxylation sites is 2. The van der Waals surface area contributed by atoms with E-state index in [0.29, 0.717) is 12.6 Å². The van der Waals surface area contributed by atoms with Crippen LogP contribution in [0.25, 0.3) is 0 Å². The average molecular weight is 273 g/mol. The first-order valence-corrected chi connectivity index (χ1v) is 6.92. The van der Waals surface area contributed by atoms with Crippen molar-refractivity contribution in [1.82, 2.24) is 5.32 Å². The second kappa shape index (κ2) is 6.01. The van der Waals surface area contributed by atoms with Crippen molar-refractivity contribution < 1.29 is 13.9 Å². The van der Waals surface area contributed by atoms with E-state index in [4.69, 9.17) is 13.9 Å². The number of benzene rings is 1. The number of rotatable bonds is 7. The van der Waals surface area contributed by atoms with Crippen molar-refractivity contribution >= 4 is 0 Å². The SMILES string of the molecule is COc1ccccc1OCc1ccc(CNC2CC2)o1. The molecule has 1 aromatic carbocycles. The molecule has 3 rings (SSSR count). The van der Waals surface area contributed by atoms with Crippen LogP contribution < -0.4 is 14.8 Å². The molecule has 4 nitrogen and oxygen atoms in total. The van der Waals surface area contributed by atoms with E-state index in [2.05, 4.69) is 5.32 Å². The third-order valence-electron chi connectivity index (χ3n) is 3.30. The molecule has 1 heterocycles. The van der Waals surface area contributed by atoms with E-state index < -0.39 is 0 Å². The van der Waals surface area contributed by atoms with Gasteiger partial charge in [0.05, 0.1) is 13.7 Å². The quantitative estimate of drug-likeness (QED) is 0.841. The van der Waals surface area contributed by atoms with Gasteiger partial charge >= 0.3 is 0 Å². The zero-order chi connectivity index (χ0) is 13.8. The highest BCUT2D eigenvalue weighted by Crippen LogP contribution is 2.27. The number of hydrogen-bond acceptors (Lipinski definition) is 4. The van der Waals surface area contributed by atoms with Crippen LogP contribution in [0.2, 0.25) is 0 Å². The highest BCUT2D eigenvalue weighted by Gasteiger charge is 2.20. The smallest absolute Gasteiger partial charge is 0.161 e. The Balaban J connectivity index is 1.54. The van der Waals surface area contributed by atoms with Crippen LogP contribution in [0.15, 0.2) is 40.8 Å². The van der Waals surface area contributed by atoms with Crippen molar-refractivity contribution in [3.63, 3.8) is 0 Å². The first-order valence-electron chi connectivity index (χ1n) is 6.92. The van der Waals surface area contributed by atoms with Crippen LogP contribution in [0.5, 0.6) is 11.5 Å². The molecule has 0 unspecified atom stereocenters. The van der Waals surface area contributed by atoms with Gasteiger partial charge in [0.25, 0.3) is 0 Å². The summed E-state index contributed by atoms with van der Waals surface area (Å²) in [6, 6.07) is 12.2. The molecule has 1 saturated carbocycles. The molecule has 2 aromatic rings. The van der Waals surface area contributed by atoms with E-state index in [1.54, 1.807) is 7.11 Å². The van der Waals surface area contributed by atoms with E-state index in [1.165, 1.54) is 12.8 Å². The largest absolute Gasteiger partial charge is 0.493 e. The van der Waals surface area contributed by atoms with Crippen LogP contribution >= 0.6 is 0 Å². The van der Waals surface area contributed by atoms with Gasteiger partial charge in [-0.05, 0) is 37.1 Å². The van der Waals surface area contributed by atoms with Gasteiger partial charge in [-0.25, -0.2) is 0 Å². The molecule has 106 valence electrons. The van der Waals surface area contributed by atoms with Crippen molar-refractivity contribution in [2.45, 2.75) is 32.0 Å². The lowest BCUT2D eigenvalue weighted by atomic mass is 10.3. The maximum Gasteiger partial charge on any atom is 0.161 e. The Bertz CT molecular complexity index is 560. The normalized spacial score (nSPS) is 14.2. The maximum absolute atomic E-state index is 5.73. The molecule has 0 amide bonds. The predicted octanol–water partition coefficient (Wildman–Crippen LogP) is 3.12. The minimum absolute atomic E-state index is 0.407. The van der Waals surface area contributed by atoms with E-state index in [-0.39, 0.29) is 0 Å². The van der Waals surface area contributed by atoms with E-state index >= 15 is 0 Å². The molecule has 1 aliphatic rings. The monoisotopic (exact) mass is 273 g/mol. The van der Waals surface area contributed by atoms with Gasteiger partial charge in [-0.3, -0.25) is 0 Å². The molecule has 20 heavy (non-hydrogen) atoms. The minimum Gasteiger partial charge on any atom is -0.493 e. The Morgan fingerprint density at radius 1 is 1.10 bits per heavy atom. The number of nitrogens with one attached hydrogen (secondary N) is 1. The molecule has 0 spiro atoms. The van der Waals surface area contributed by atoms with Gasteiger partial charge in [0.2, 0.25) is 0 Å². The molecule has 1 fully saturated rings. The molecule has 0 atom stereocenters. The van der Waals surface area contributed by atoms with Crippen molar-refractivity contribution in [2.75, 3.05) is 7.11 Å². The van der Waals surface area contributed by atoms with Crippen molar-refractivity contribution in [1.29, 1.82) is 0 Å². The Hall–Kier alpha value is -1.94. The zero-order valence-electron chi connectivity index (χ0n) is 11.6. The first kappa shape index (κ1) is 13.1. The molecule has 0 aliphatic heterocycles. The second-order valence-electron chi connectivity index (χ2n) is 4.96. The van der Waals surface area contributed by atoms with Gasteiger partial charge in [-0.2, -0.15) is 0 Å². The molecule has 0 radical (unpaired) electrons.